The van der Waals surface area contributed by atoms with Crippen LogP contribution >= 0.6 is 0 Å². The van der Waals surface area contributed by atoms with Crippen molar-refractivity contribution in [1.29, 1.82) is 0 Å². The lowest BCUT2D eigenvalue weighted by Crippen LogP contribution is -2.01. The molecule has 2 heterocycles. The van der Waals surface area contributed by atoms with Crippen molar-refractivity contribution < 1.29 is 4.79 Å². The molecule has 6 nitrogen and oxygen atoms in total. The van der Waals surface area contributed by atoms with Gasteiger partial charge in [0.2, 0.25) is 5.91 Å². The van der Waals surface area contributed by atoms with Crippen LogP contribution < -0.4 is 5.73 Å². The molecule has 0 saturated carbocycles. The van der Waals surface area contributed by atoms with E-state index in [1.165, 1.54) is 13.3 Å². The fraction of sp³-hybridized carbons (Fsp3) is 0.143. The summed E-state index contributed by atoms with van der Waals surface area (Å²) in [6.07, 6.45) is 4.75. The third-order valence-corrected chi connectivity index (χ3v) is 1.10. The van der Waals surface area contributed by atoms with Crippen LogP contribution in [0.3, 0.4) is 0 Å². The van der Waals surface area contributed by atoms with Gasteiger partial charge in [0.15, 0.2) is 5.65 Å². The van der Waals surface area contributed by atoms with Crippen molar-refractivity contribution >= 4 is 17.1 Å². The summed E-state index contributed by atoms with van der Waals surface area (Å²) < 4.78 is 0. The molecule has 6 heteroatoms. The minimum Gasteiger partial charge on any atom is -0.370 e. The van der Waals surface area contributed by atoms with Gasteiger partial charge in [-0.15, -0.1) is 0 Å². The molecule has 0 aliphatic heterocycles. The van der Waals surface area contributed by atoms with Crippen molar-refractivity contribution in [1.82, 2.24) is 19.9 Å². The van der Waals surface area contributed by atoms with Crippen LogP contribution in [0.5, 0.6) is 0 Å². The first-order chi connectivity index (χ1) is 6.20. The number of amides is 1. The van der Waals surface area contributed by atoms with Crippen LogP contribution in [0.4, 0.5) is 0 Å². The van der Waals surface area contributed by atoms with E-state index in [0.29, 0.717) is 0 Å². The number of carbonyl (C=O) groups is 1. The Bertz CT molecular complexity index is 362. The summed E-state index contributed by atoms with van der Waals surface area (Å²) in [7, 11) is 0. The number of aromatic nitrogens is 4. The lowest BCUT2D eigenvalue weighted by Gasteiger charge is -1.80. The number of hydrogen-bond donors (Lipinski definition) is 2. The summed E-state index contributed by atoms with van der Waals surface area (Å²) in [5, 5.41) is 0. The Morgan fingerprint density at radius 3 is 2.85 bits per heavy atom. The van der Waals surface area contributed by atoms with Crippen molar-refractivity contribution in [2.45, 2.75) is 6.92 Å². The summed E-state index contributed by atoms with van der Waals surface area (Å²) >= 11 is 0. The Morgan fingerprint density at radius 2 is 2.23 bits per heavy atom. The molecule has 0 aromatic carbocycles. The summed E-state index contributed by atoms with van der Waals surface area (Å²) in [6.45, 7) is 1.31. The second-order valence-electron chi connectivity index (χ2n) is 2.27. The maximum Gasteiger partial charge on any atom is 0.214 e. The molecule has 0 fully saturated rings. The van der Waals surface area contributed by atoms with E-state index in [-0.39, 0.29) is 5.91 Å². The van der Waals surface area contributed by atoms with E-state index in [2.05, 4.69) is 25.7 Å². The molecule has 0 radical (unpaired) electrons. The molecule has 0 bridgehead atoms. The van der Waals surface area contributed by atoms with E-state index in [1.54, 1.807) is 12.5 Å². The van der Waals surface area contributed by atoms with Crippen LogP contribution in [0.25, 0.3) is 11.2 Å². The van der Waals surface area contributed by atoms with E-state index in [1.807, 2.05) is 0 Å². The van der Waals surface area contributed by atoms with Gasteiger partial charge in [-0.2, -0.15) is 0 Å². The minimum absolute atomic E-state index is 0.333. The Hall–Kier alpha value is -1.98. The predicted octanol–water partition coefficient (Wildman–Crippen LogP) is -0.156. The van der Waals surface area contributed by atoms with E-state index in [4.69, 9.17) is 0 Å². The van der Waals surface area contributed by atoms with Crippen LogP contribution in [-0.2, 0) is 4.79 Å². The second-order valence-corrected chi connectivity index (χ2v) is 2.27. The quantitative estimate of drug-likeness (QED) is 0.587. The van der Waals surface area contributed by atoms with Gasteiger partial charge in [0.05, 0.1) is 12.5 Å². The molecule has 13 heavy (non-hydrogen) atoms. The van der Waals surface area contributed by atoms with E-state index in [0.717, 1.165) is 11.2 Å². The van der Waals surface area contributed by atoms with Crippen molar-refractivity contribution in [2.75, 3.05) is 0 Å². The molecule has 1 amide bonds. The molecule has 0 atom stereocenters. The van der Waals surface area contributed by atoms with E-state index < -0.39 is 0 Å². The predicted molar refractivity (Wildman–Crippen MR) is 46.6 cm³/mol. The minimum atomic E-state index is -0.333. The molecule has 2 rings (SSSR count). The van der Waals surface area contributed by atoms with E-state index in [9.17, 15) is 4.79 Å². The summed E-state index contributed by atoms with van der Waals surface area (Å²) in [5.74, 6) is -0.333. The van der Waals surface area contributed by atoms with Crippen LogP contribution in [0, 0.1) is 0 Å². The summed E-state index contributed by atoms with van der Waals surface area (Å²) in [6, 6.07) is 0. The van der Waals surface area contributed by atoms with Gasteiger partial charge in [-0.05, 0) is 0 Å². The van der Waals surface area contributed by atoms with Gasteiger partial charge in [-0.25, -0.2) is 15.0 Å². The molecular weight excluding hydrogens is 170 g/mol. The Kier molecular flexibility index (Phi) is 2.91. The molecule has 0 spiro atoms. The first kappa shape index (κ1) is 9.11. The van der Waals surface area contributed by atoms with Gasteiger partial charge in [-0.1, -0.05) is 0 Å². The number of nitrogens with zero attached hydrogens (tertiary/aromatic N) is 3. The van der Waals surface area contributed by atoms with Crippen LogP contribution in [-0.4, -0.2) is 25.8 Å². The highest BCUT2D eigenvalue weighted by Gasteiger charge is 1.91. The van der Waals surface area contributed by atoms with Crippen molar-refractivity contribution in [2.24, 2.45) is 5.73 Å². The summed E-state index contributed by atoms with van der Waals surface area (Å²) in [4.78, 5) is 23.7. The number of carbonyl (C=O) groups excluding carboxylic acids is 1. The highest BCUT2D eigenvalue weighted by Crippen LogP contribution is 1.99. The third kappa shape index (κ3) is 2.86. The van der Waals surface area contributed by atoms with Crippen molar-refractivity contribution in [3.8, 4) is 0 Å². The standard InChI is InChI=1S/C5H4N4.C2H5NO/c1-4-5(8-2-6-1)9-3-7-4;1-2(3)4/h1-3H,(H,6,7,8,9);1H3,(H2,3,4). The topological polar surface area (TPSA) is 97.5 Å². The third-order valence-electron chi connectivity index (χ3n) is 1.10. The number of rotatable bonds is 0. The van der Waals surface area contributed by atoms with Crippen LogP contribution in [0.1, 0.15) is 6.92 Å². The van der Waals surface area contributed by atoms with Gasteiger partial charge >= 0.3 is 0 Å². The average Bonchev–Trinajstić information content (AvgIpc) is 2.49. The molecule has 2 aromatic rings. The number of aromatic amines is 1. The summed E-state index contributed by atoms with van der Waals surface area (Å²) in [5.41, 5.74) is 6.06. The lowest BCUT2D eigenvalue weighted by molar-refractivity contribution is -0.115. The van der Waals surface area contributed by atoms with Crippen molar-refractivity contribution in [3.63, 3.8) is 0 Å². The fourth-order valence-electron chi connectivity index (χ4n) is 0.691. The number of nitrogens with one attached hydrogen (secondary N) is 1. The normalized spacial score (nSPS) is 9.00. The zero-order valence-corrected chi connectivity index (χ0v) is 7.06. The molecule has 2 aromatic heterocycles. The largest absolute Gasteiger partial charge is 0.370 e. The maximum atomic E-state index is 9.22. The smallest absolute Gasteiger partial charge is 0.214 e. The molecule has 68 valence electrons. The Labute approximate surface area is 74.2 Å². The Balaban J connectivity index is 0.000000184. The number of hydrogen-bond acceptors (Lipinski definition) is 4. The number of fused-ring (bicyclic) bond motifs is 1. The highest BCUT2D eigenvalue weighted by atomic mass is 16.1. The molecule has 0 aliphatic carbocycles. The number of H-pyrrole nitrogens is 1. The van der Waals surface area contributed by atoms with E-state index >= 15 is 0 Å². The lowest BCUT2D eigenvalue weighted by atomic mass is 10.6. The van der Waals surface area contributed by atoms with Crippen LogP contribution in [0.2, 0.25) is 0 Å². The number of primary amides is 1. The second kappa shape index (κ2) is 4.15. The van der Waals surface area contributed by atoms with Gasteiger partial charge in [0, 0.05) is 6.92 Å². The SMILES string of the molecule is CC(N)=O.c1ncc2nc[nH]c2n1. The molecule has 3 N–H and O–H groups in total. The highest BCUT2D eigenvalue weighted by molar-refractivity contribution is 5.70. The number of imidazole rings is 1. The fourth-order valence-corrected chi connectivity index (χ4v) is 0.691. The molecule has 0 unspecified atom stereocenters. The average molecular weight is 179 g/mol. The maximum absolute atomic E-state index is 9.22. The first-order valence-corrected chi connectivity index (χ1v) is 3.55. The van der Waals surface area contributed by atoms with Crippen LogP contribution in [0.15, 0.2) is 18.9 Å². The van der Waals surface area contributed by atoms with Gasteiger partial charge < -0.3 is 10.7 Å². The monoisotopic (exact) mass is 179 g/mol. The number of nitrogens with two attached hydrogens (primary N) is 1. The molecule has 0 saturated heterocycles. The first-order valence-electron chi connectivity index (χ1n) is 3.55. The zero-order chi connectivity index (χ0) is 9.68. The molecule has 0 aliphatic rings. The van der Waals surface area contributed by atoms with Crippen molar-refractivity contribution in [3.05, 3.63) is 18.9 Å². The zero-order valence-electron chi connectivity index (χ0n) is 7.06. The Morgan fingerprint density at radius 1 is 1.54 bits per heavy atom. The van der Waals surface area contributed by atoms with Gasteiger partial charge in [0.25, 0.3) is 0 Å². The molecular formula is C7H9N5O. The van der Waals surface area contributed by atoms with Gasteiger partial charge in [-0.3, -0.25) is 4.79 Å². The van der Waals surface area contributed by atoms with Gasteiger partial charge in [0.1, 0.15) is 11.8 Å².